The molecule has 0 spiro atoms. The zero-order valence-electron chi connectivity index (χ0n) is 14.6. The summed E-state index contributed by atoms with van der Waals surface area (Å²) in [7, 11) is 0. The van der Waals surface area contributed by atoms with Crippen molar-refractivity contribution < 1.29 is 14.0 Å². The number of hydrogen-bond acceptors (Lipinski definition) is 2. The van der Waals surface area contributed by atoms with Gasteiger partial charge in [0.15, 0.2) is 5.78 Å². The molecule has 1 heterocycles. The van der Waals surface area contributed by atoms with E-state index in [0.717, 1.165) is 28.0 Å². The van der Waals surface area contributed by atoms with E-state index < -0.39 is 0 Å². The lowest BCUT2D eigenvalue weighted by Crippen LogP contribution is -2.38. The highest BCUT2D eigenvalue weighted by Crippen LogP contribution is 2.42. The smallest absolute Gasteiger partial charge is 0.225 e. The number of amides is 1. The first-order valence-electron chi connectivity index (χ1n) is 8.89. The van der Waals surface area contributed by atoms with E-state index >= 15 is 0 Å². The van der Waals surface area contributed by atoms with E-state index in [0.29, 0.717) is 19.3 Å². The van der Waals surface area contributed by atoms with Crippen molar-refractivity contribution in [2.45, 2.75) is 38.0 Å². The van der Waals surface area contributed by atoms with Gasteiger partial charge in [0.2, 0.25) is 5.91 Å². The van der Waals surface area contributed by atoms with Crippen LogP contribution in [-0.2, 0) is 9.59 Å². The molecule has 4 rings (SSSR count). The molecule has 2 unspecified atom stereocenters. The highest BCUT2D eigenvalue weighted by atomic mass is 19.1. The van der Waals surface area contributed by atoms with E-state index in [2.05, 4.69) is 5.32 Å². The Kier molecular flexibility index (Phi) is 4.19. The molecule has 2 atom stereocenters. The van der Waals surface area contributed by atoms with Gasteiger partial charge in [0.05, 0.1) is 0 Å². The summed E-state index contributed by atoms with van der Waals surface area (Å²) in [5.74, 6) is -0.478. The minimum absolute atomic E-state index is 0.0288. The highest BCUT2D eigenvalue weighted by molar-refractivity contribution is 6.02. The number of nitrogens with one attached hydrogen (secondary N) is 1. The third kappa shape index (κ3) is 3.07. The van der Waals surface area contributed by atoms with Gasteiger partial charge in [0.1, 0.15) is 5.82 Å². The maximum absolute atomic E-state index is 13.2. The van der Waals surface area contributed by atoms with Gasteiger partial charge in [-0.25, -0.2) is 4.39 Å². The highest BCUT2D eigenvalue weighted by Gasteiger charge is 2.38. The van der Waals surface area contributed by atoms with E-state index in [4.69, 9.17) is 0 Å². The van der Waals surface area contributed by atoms with Crippen LogP contribution in [0.1, 0.15) is 47.8 Å². The third-order valence-electron chi connectivity index (χ3n) is 5.36. The van der Waals surface area contributed by atoms with Crippen molar-refractivity contribution in [1.82, 2.24) is 5.32 Å². The minimum Gasteiger partial charge on any atom is -0.329 e. The number of rotatable bonds is 2. The zero-order chi connectivity index (χ0) is 18.3. The number of halogens is 1. The molecule has 0 aromatic heterocycles. The number of Topliss-reactive ketones (excluding diaryl/α,β-unsaturated/α-hetero) is 1. The molecule has 0 fully saturated rings. The predicted octanol–water partition coefficient (Wildman–Crippen LogP) is 4.14. The van der Waals surface area contributed by atoms with Crippen molar-refractivity contribution >= 4 is 11.7 Å². The Morgan fingerprint density at radius 3 is 2.23 bits per heavy atom. The van der Waals surface area contributed by atoms with Crippen LogP contribution in [0.2, 0.25) is 0 Å². The fourth-order valence-corrected chi connectivity index (χ4v) is 4.01. The molecule has 1 aliphatic heterocycles. The number of aryl methyl sites for hydroxylation is 1. The number of carbonyl (C=O) groups excluding carboxylic acids is 2. The molecule has 0 saturated heterocycles. The average Bonchev–Trinajstić information content (AvgIpc) is 2.62. The normalized spacial score (nSPS) is 22.8. The minimum atomic E-state index is -0.291. The lowest BCUT2D eigenvalue weighted by molar-refractivity contribution is -0.122. The Morgan fingerprint density at radius 1 is 0.885 bits per heavy atom. The average molecular weight is 349 g/mol. The zero-order valence-corrected chi connectivity index (χ0v) is 14.6. The van der Waals surface area contributed by atoms with E-state index in [1.165, 1.54) is 12.1 Å². The van der Waals surface area contributed by atoms with Crippen molar-refractivity contribution in [2.24, 2.45) is 0 Å². The van der Waals surface area contributed by atoms with Crippen LogP contribution in [0.25, 0.3) is 0 Å². The molecule has 2 aromatic rings. The quantitative estimate of drug-likeness (QED) is 0.886. The molecule has 0 saturated carbocycles. The van der Waals surface area contributed by atoms with Gasteiger partial charge in [-0.15, -0.1) is 0 Å². The van der Waals surface area contributed by atoms with Gasteiger partial charge in [-0.05, 0) is 42.5 Å². The number of carbonyl (C=O) groups is 2. The number of benzene rings is 2. The SMILES string of the molecule is Cc1ccc(C2CC(=O)NC3=C2C(=O)CC(c2ccc(F)cc2)C3)cc1. The van der Waals surface area contributed by atoms with Gasteiger partial charge in [-0.2, -0.15) is 0 Å². The summed E-state index contributed by atoms with van der Waals surface area (Å²) in [5.41, 5.74) is 4.56. The number of allylic oxidation sites excluding steroid dienone is 2. The number of ketones is 1. The Morgan fingerprint density at radius 2 is 1.54 bits per heavy atom. The maximum atomic E-state index is 13.2. The van der Waals surface area contributed by atoms with Crippen LogP contribution in [-0.4, -0.2) is 11.7 Å². The molecule has 1 aliphatic carbocycles. The van der Waals surface area contributed by atoms with Gasteiger partial charge < -0.3 is 5.32 Å². The van der Waals surface area contributed by atoms with Crippen LogP contribution < -0.4 is 5.32 Å². The molecule has 132 valence electrons. The van der Waals surface area contributed by atoms with Crippen molar-refractivity contribution in [3.63, 3.8) is 0 Å². The summed E-state index contributed by atoms with van der Waals surface area (Å²) in [6.45, 7) is 2.01. The summed E-state index contributed by atoms with van der Waals surface area (Å²) < 4.78 is 13.2. The molecule has 2 aromatic carbocycles. The van der Waals surface area contributed by atoms with Gasteiger partial charge in [0, 0.05) is 30.0 Å². The summed E-state index contributed by atoms with van der Waals surface area (Å²) in [6.07, 6.45) is 1.29. The summed E-state index contributed by atoms with van der Waals surface area (Å²) in [5, 5.41) is 2.92. The fourth-order valence-electron chi connectivity index (χ4n) is 4.01. The van der Waals surface area contributed by atoms with Crippen molar-refractivity contribution in [1.29, 1.82) is 0 Å². The Labute approximate surface area is 151 Å². The molecular weight excluding hydrogens is 329 g/mol. The second-order valence-electron chi connectivity index (χ2n) is 7.19. The first-order valence-corrected chi connectivity index (χ1v) is 8.89. The second-order valence-corrected chi connectivity index (χ2v) is 7.19. The summed E-state index contributed by atoms with van der Waals surface area (Å²) in [6, 6.07) is 14.3. The molecule has 0 radical (unpaired) electrons. The monoisotopic (exact) mass is 349 g/mol. The first-order chi connectivity index (χ1) is 12.5. The van der Waals surface area contributed by atoms with Crippen LogP contribution >= 0.6 is 0 Å². The molecule has 4 heteroatoms. The molecule has 0 bridgehead atoms. The van der Waals surface area contributed by atoms with Gasteiger partial charge in [0.25, 0.3) is 0 Å². The van der Waals surface area contributed by atoms with E-state index in [1.54, 1.807) is 12.1 Å². The van der Waals surface area contributed by atoms with Crippen molar-refractivity contribution in [3.8, 4) is 0 Å². The van der Waals surface area contributed by atoms with E-state index in [1.807, 2.05) is 31.2 Å². The number of hydrogen-bond donors (Lipinski definition) is 1. The van der Waals surface area contributed by atoms with Crippen molar-refractivity contribution in [3.05, 3.63) is 82.3 Å². The fraction of sp³-hybridized carbons (Fsp3) is 0.273. The third-order valence-corrected chi connectivity index (χ3v) is 5.36. The predicted molar refractivity (Wildman–Crippen MR) is 97.1 cm³/mol. The molecule has 1 amide bonds. The molecule has 1 N–H and O–H groups in total. The molecule has 26 heavy (non-hydrogen) atoms. The molecule has 2 aliphatic rings. The van der Waals surface area contributed by atoms with Crippen LogP contribution in [0.3, 0.4) is 0 Å². The van der Waals surface area contributed by atoms with Crippen LogP contribution in [0, 0.1) is 12.7 Å². The topological polar surface area (TPSA) is 46.2 Å². The first kappa shape index (κ1) is 16.7. The Hall–Kier alpha value is -2.75. The van der Waals surface area contributed by atoms with E-state index in [9.17, 15) is 14.0 Å². The van der Waals surface area contributed by atoms with Gasteiger partial charge in [-0.1, -0.05) is 42.0 Å². The van der Waals surface area contributed by atoms with Crippen molar-refractivity contribution in [2.75, 3.05) is 0 Å². The van der Waals surface area contributed by atoms with E-state index in [-0.39, 0.29) is 29.3 Å². The molecular formula is C22H20FNO2. The van der Waals surface area contributed by atoms with Crippen LogP contribution in [0.15, 0.2) is 59.8 Å². The van der Waals surface area contributed by atoms with Crippen LogP contribution in [0.5, 0.6) is 0 Å². The Bertz CT molecular complexity index is 897. The summed E-state index contributed by atoms with van der Waals surface area (Å²) in [4.78, 5) is 25.2. The maximum Gasteiger partial charge on any atom is 0.225 e. The summed E-state index contributed by atoms with van der Waals surface area (Å²) >= 11 is 0. The second kappa shape index (κ2) is 6.52. The Balaban J connectivity index is 1.70. The van der Waals surface area contributed by atoms with Gasteiger partial charge >= 0.3 is 0 Å². The standard InChI is InChI=1S/C22H20FNO2/c1-13-2-4-15(5-3-13)18-12-21(26)24-19-10-16(11-20(25)22(18)19)14-6-8-17(23)9-7-14/h2-9,16,18H,10-12H2,1H3,(H,24,26). The molecule has 3 nitrogen and oxygen atoms in total. The lowest BCUT2D eigenvalue weighted by Gasteiger charge is -2.34. The largest absolute Gasteiger partial charge is 0.329 e. The lowest BCUT2D eigenvalue weighted by atomic mass is 9.73. The van der Waals surface area contributed by atoms with Gasteiger partial charge in [-0.3, -0.25) is 9.59 Å². The van der Waals surface area contributed by atoms with Crippen LogP contribution in [0.4, 0.5) is 4.39 Å².